The maximum atomic E-state index is 12.0. The highest BCUT2D eigenvalue weighted by Gasteiger charge is 2.43. The highest BCUT2D eigenvalue weighted by molar-refractivity contribution is 9.10. The summed E-state index contributed by atoms with van der Waals surface area (Å²) in [6.45, 7) is 2.03. The largest absolute Gasteiger partial charge is 0.495 e. The molecule has 1 aliphatic heterocycles. The van der Waals surface area contributed by atoms with Gasteiger partial charge in [0.25, 0.3) is 0 Å². The summed E-state index contributed by atoms with van der Waals surface area (Å²) in [5.74, 6) is 1.77. The Balaban J connectivity index is 1.62. The zero-order chi connectivity index (χ0) is 27.0. The van der Waals surface area contributed by atoms with Crippen molar-refractivity contribution in [1.29, 1.82) is 0 Å². The van der Waals surface area contributed by atoms with E-state index in [1.807, 2.05) is 66.4 Å². The second kappa shape index (κ2) is 10.4. The van der Waals surface area contributed by atoms with Gasteiger partial charge in [-0.3, -0.25) is 9.71 Å². The molecule has 196 valence electrons. The number of hydrogen-bond acceptors (Lipinski definition) is 6. The number of rotatable bonds is 7. The third-order valence-electron chi connectivity index (χ3n) is 6.16. The van der Waals surface area contributed by atoms with Gasteiger partial charge in [0.15, 0.2) is 5.11 Å². The first-order chi connectivity index (χ1) is 18.1. The Bertz CT molecular complexity index is 1610. The van der Waals surface area contributed by atoms with Crippen LogP contribution in [0.3, 0.4) is 0 Å². The summed E-state index contributed by atoms with van der Waals surface area (Å²) in [7, 11) is -2.06. The minimum atomic E-state index is -3.55. The lowest BCUT2D eigenvalue weighted by atomic mass is 10.0. The number of thiocarbonyl (C=S) groups is 1. The molecule has 2 N–H and O–H groups in total. The Morgan fingerprint density at radius 2 is 1.95 bits per heavy atom. The molecule has 2 aromatic heterocycles. The predicted molar refractivity (Wildman–Crippen MR) is 156 cm³/mol. The van der Waals surface area contributed by atoms with Gasteiger partial charge in [0.05, 0.1) is 30.8 Å². The van der Waals surface area contributed by atoms with Crippen LogP contribution in [-0.4, -0.2) is 31.9 Å². The fourth-order valence-corrected chi connectivity index (χ4v) is 6.12. The Labute approximate surface area is 235 Å². The van der Waals surface area contributed by atoms with Crippen molar-refractivity contribution in [2.75, 3.05) is 23.0 Å². The molecule has 0 aliphatic carbocycles. The number of methoxy groups -OCH3 is 1. The van der Waals surface area contributed by atoms with Gasteiger partial charge in [-0.15, -0.1) is 0 Å². The van der Waals surface area contributed by atoms with Gasteiger partial charge < -0.3 is 19.4 Å². The number of ether oxygens (including phenoxy) is 1. The third kappa shape index (κ3) is 5.27. The number of nitrogens with one attached hydrogen (secondary N) is 2. The number of anilines is 2. The molecule has 1 aliphatic rings. The van der Waals surface area contributed by atoms with Crippen molar-refractivity contribution in [2.24, 2.45) is 0 Å². The SMILES string of the molecule is COc1ccc(N2C(=S)N[C@@H](c3ccccn3)[C@H]2c2ccc(-c3ccc(C)cc3Br)o2)cc1NS(C)(=O)=O. The molecular formula is C27H25BrN4O4S2. The number of furan rings is 1. The Hall–Kier alpha value is -3.41. The van der Waals surface area contributed by atoms with Gasteiger partial charge in [-0.05, 0) is 79.3 Å². The molecular weight excluding hydrogens is 588 g/mol. The molecule has 0 unspecified atom stereocenters. The van der Waals surface area contributed by atoms with E-state index in [4.69, 9.17) is 21.4 Å². The molecule has 0 bridgehead atoms. The van der Waals surface area contributed by atoms with Crippen LogP contribution in [0.1, 0.15) is 29.1 Å². The van der Waals surface area contributed by atoms with E-state index in [1.54, 1.807) is 18.3 Å². The van der Waals surface area contributed by atoms with E-state index in [0.29, 0.717) is 33.8 Å². The van der Waals surface area contributed by atoms with Gasteiger partial charge >= 0.3 is 0 Å². The number of pyridine rings is 1. The number of halogens is 1. The first-order valence-corrected chi connectivity index (χ1v) is 14.8. The summed E-state index contributed by atoms with van der Waals surface area (Å²) >= 11 is 9.44. The fraction of sp³-hybridized carbons (Fsp3) is 0.185. The molecule has 5 rings (SSSR count). The van der Waals surface area contributed by atoms with Crippen molar-refractivity contribution in [3.63, 3.8) is 0 Å². The van der Waals surface area contributed by atoms with Gasteiger partial charge in [0, 0.05) is 21.9 Å². The second-order valence-electron chi connectivity index (χ2n) is 8.94. The van der Waals surface area contributed by atoms with Crippen LogP contribution in [-0.2, 0) is 10.0 Å². The van der Waals surface area contributed by atoms with Crippen molar-refractivity contribution in [3.8, 4) is 17.1 Å². The molecule has 0 amide bonds. The zero-order valence-electron chi connectivity index (χ0n) is 20.8. The first-order valence-electron chi connectivity index (χ1n) is 11.7. The standard InChI is InChI=1S/C27H25BrN4O4S2/c1-16-7-9-18(19(28)14-16)22-11-12-24(36-22)26-25(20-6-4-5-13-29-20)30-27(37)32(26)17-8-10-23(35-2)21(15-17)31-38(3,33)34/h4-15,25-26,31H,1-3H3,(H,30,37)/t25-,26+/m0/s1. The minimum absolute atomic E-state index is 0.305. The monoisotopic (exact) mass is 612 g/mol. The van der Waals surface area contributed by atoms with E-state index >= 15 is 0 Å². The van der Waals surface area contributed by atoms with Crippen LogP contribution in [0.25, 0.3) is 11.3 Å². The van der Waals surface area contributed by atoms with Crippen LogP contribution in [0, 0.1) is 6.92 Å². The number of aromatic nitrogens is 1. The topological polar surface area (TPSA) is 96.7 Å². The van der Waals surface area contributed by atoms with E-state index in [0.717, 1.165) is 27.5 Å². The van der Waals surface area contributed by atoms with E-state index in [-0.39, 0.29) is 6.04 Å². The Kier molecular flexibility index (Phi) is 7.17. The molecule has 1 saturated heterocycles. The summed E-state index contributed by atoms with van der Waals surface area (Å²) in [6.07, 6.45) is 2.83. The van der Waals surface area contributed by atoms with Crippen LogP contribution in [0.15, 0.2) is 81.8 Å². The average Bonchev–Trinajstić information content (AvgIpc) is 3.48. The summed E-state index contributed by atoms with van der Waals surface area (Å²) in [6, 6.07) is 20.2. The van der Waals surface area contributed by atoms with Crippen molar-refractivity contribution in [3.05, 3.63) is 94.4 Å². The first kappa shape index (κ1) is 26.2. The molecule has 0 saturated carbocycles. The molecule has 38 heavy (non-hydrogen) atoms. The molecule has 11 heteroatoms. The molecule has 0 radical (unpaired) electrons. The van der Waals surface area contributed by atoms with Gasteiger partial charge in [-0.1, -0.05) is 28.1 Å². The lowest BCUT2D eigenvalue weighted by Crippen LogP contribution is -2.29. The van der Waals surface area contributed by atoms with Crippen LogP contribution < -0.4 is 19.7 Å². The quantitative estimate of drug-likeness (QED) is 0.246. The van der Waals surface area contributed by atoms with Crippen LogP contribution in [0.4, 0.5) is 11.4 Å². The van der Waals surface area contributed by atoms with Crippen LogP contribution >= 0.6 is 28.1 Å². The van der Waals surface area contributed by atoms with Gasteiger partial charge in [0.1, 0.15) is 23.3 Å². The highest BCUT2D eigenvalue weighted by atomic mass is 79.9. The lowest BCUT2D eigenvalue weighted by molar-refractivity contribution is 0.416. The maximum Gasteiger partial charge on any atom is 0.229 e. The van der Waals surface area contributed by atoms with Crippen molar-refractivity contribution in [2.45, 2.75) is 19.0 Å². The smallest absolute Gasteiger partial charge is 0.229 e. The van der Waals surface area contributed by atoms with Gasteiger partial charge in [-0.2, -0.15) is 0 Å². The molecule has 4 aromatic rings. The van der Waals surface area contributed by atoms with E-state index in [1.165, 1.54) is 7.11 Å². The number of hydrogen-bond donors (Lipinski definition) is 2. The highest BCUT2D eigenvalue weighted by Crippen LogP contribution is 2.44. The van der Waals surface area contributed by atoms with Gasteiger partial charge in [0.2, 0.25) is 10.0 Å². The van der Waals surface area contributed by atoms with E-state index in [2.05, 4.69) is 31.0 Å². The average molecular weight is 614 g/mol. The van der Waals surface area contributed by atoms with Crippen molar-refractivity contribution >= 4 is 54.7 Å². The molecule has 2 atom stereocenters. The predicted octanol–water partition coefficient (Wildman–Crippen LogP) is 5.97. The fourth-order valence-electron chi connectivity index (χ4n) is 4.52. The Morgan fingerprint density at radius 1 is 1.13 bits per heavy atom. The molecule has 8 nitrogen and oxygen atoms in total. The van der Waals surface area contributed by atoms with E-state index < -0.39 is 16.1 Å². The van der Waals surface area contributed by atoms with E-state index in [9.17, 15) is 8.42 Å². The lowest BCUT2D eigenvalue weighted by Gasteiger charge is -2.27. The molecule has 1 fully saturated rings. The van der Waals surface area contributed by atoms with Crippen LogP contribution in [0.2, 0.25) is 0 Å². The molecule has 3 heterocycles. The van der Waals surface area contributed by atoms with Crippen LogP contribution in [0.5, 0.6) is 5.75 Å². The zero-order valence-corrected chi connectivity index (χ0v) is 24.0. The number of benzene rings is 2. The normalized spacial score (nSPS) is 17.4. The molecule has 2 aromatic carbocycles. The number of sulfonamides is 1. The number of nitrogens with zero attached hydrogens (tertiary/aromatic N) is 2. The summed E-state index contributed by atoms with van der Waals surface area (Å²) in [5.41, 5.74) is 3.82. The number of aryl methyl sites for hydroxylation is 1. The third-order valence-corrected chi connectivity index (χ3v) is 7.72. The van der Waals surface area contributed by atoms with Crippen molar-refractivity contribution < 1.29 is 17.6 Å². The summed E-state index contributed by atoms with van der Waals surface area (Å²) in [4.78, 5) is 6.48. The minimum Gasteiger partial charge on any atom is -0.495 e. The summed E-state index contributed by atoms with van der Waals surface area (Å²) < 4.78 is 39.4. The maximum absolute atomic E-state index is 12.0. The van der Waals surface area contributed by atoms with Crippen molar-refractivity contribution in [1.82, 2.24) is 10.3 Å². The second-order valence-corrected chi connectivity index (χ2v) is 11.9. The van der Waals surface area contributed by atoms with Gasteiger partial charge in [-0.25, -0.2) is 8.42 Å². The Morgan fingerprint density at radius 3 is 2.63 bits per heavy atom. The summed E-state index contributed by atoms with van der Waals surface area (Å²) in [5, 5.41) is 3.84. The molecule has 0 spiro atoms.